The first kappa shape index (κ1) is 13.6. The van der Waals surface area contributed by atoms with Gasteiger partial charge in [0.25, 0.3) is 0 Å². The molecule has 1 saturated carbocycles. The largest absolute Gasteiger partial charge is 0.490 e. The lowest BCUT2D eigenvalue weighted by atomic mass is 10.1. The Kier molecular flexibility index (Phi) is 3.87. The smallest absolute Gasteiger partial charge is 0.313 e. The summed E-state index contributed by atoms with van der Waals surface area (Å²) in [5.41, 5.74) is -0.115. The van der Waals surface area contributed by atoms with Crippen LogP contribution in [0.2, 0.25) is 0 Å². The summed E-state index contributed by atoms with van der Waals surface area (Å²) >= 11 is 0. The van der Waals surface area contributed by atoms with Crippen LogP contribution in [0.25, 0.3) is 0 Å². The molecule has 5 nitrogen and oxygen atoms in total. The highest BCUT2D eigenvalue weighted by Gasteiger charge is 2.25. The molecule has 1 aromatic carbocycles. The van der Waals surface area contributed by atoms with E-state index in [-0.39, 0.29) is 23.2 Å². The summed E-state index contributed by atoms with van der Waals surface area (Å²) in [6.45, 7) is 1.98. The number of benzene rings is 1. The molecule has 1 fully saturated rings. The molecule has 104 valence electrons. The maximum atomic E-state index is 13.8. The molecule has 0 bridgehead atoms. The lowest BCUT2D eigenvalue weighted by molar-refractivity contribution is -0.385. The van der Waals surface area contributed by atoms with Crippen LogP contribution in [0.1, 0.15) is 26.2 Å². The molecule has 0 aromatic heterocycles. The maximum absolute atomic E-state index is 13.8. The lowest BCUT2D eigenvalue weighted by Gasteiger charge is -2.16. The van der Waals surface area contributed by atoms with Gasteiger partial charge in [-0.2, -0.15) is 0 Å². The first-order valence-electron chi connectivity index (χ1n) is 6.29. The fraction of sp³-hybridized carbons (Fsp3) is 0.538. The Morgan fingerprint density at radius 1 is 1.58 bits per heavy atom. The number of nitrogens with zero attached hydrogens (tertiary/aromatic N) is 1. The number of ether oxygens (including phenoxy) is 1. The molecule has 1 aliphatic rings. The average Bonchev–Trinajstić information content (AvgIpc) is 3.14. The number of methoxy groups -OCH3 is 1. The molecule has 19 heavy (non-hydrogen) atoms. The Balaban J connectivity index is 2.17. The van der Waals surface area contributed by atoms with Gasteiger partial charge in [-0.25, -0.2) is 4.39 Å². The van der Waals surface area contributed by atoms with Crippen molar-refractivity contribution in [3.05, 3.63) is 28.1 Å². The van der Waals surface area contributed by atoms with E-state index >= 15 is 0 Å². The number of rotatable bonds is 6. The Bertz CT molecular complexity index is 489. The lowest BCUT2D eigenvalue weighted by Crippen LogP contribution is -2.16. The van der Waals surface area contributed by atoms with Crippen LogP contribution in [-0.4, -0.2) is 18.1 Å². The molecule has 1 atom stereocenters. The van der Waals surface area contributed by atoms with Crippen LogP contribution in [0.5, 0.6) is 5.75 Å². The van der Waals surface area contributed by atoms with Crippen molar-refractivity contribution in [2.24, 2.45) is 5.92 Å². The number of nitro groups is 1. The van der Waals surface area contributed by atoms with Crippen LogP contribution in [0.3, 0.4) is 0 Å². The molecule has 0 radical (unpaired) electrons. The van der Waals surface area contributed by atoms with Gasteiger partial charge in [-0.05, 0) is 19.3 Å². The third-order valence-electron chi connectivity index (χ3n) is 3.25. The molecule has 0 amide bonds. The van der Waals surface area contributed by atoms with Gasteiger partial charge in [0.05, 0.1) is 23.8 Å². The van der Waals surface area contributed by atoms with Gasteiger partial charge in [-0.3, -0.25) is 10.1 Å². The zero-order chi connectivity index (χ0) is 14.0. The fourth-order valence-electron chi connectivity index (χ4n) is 2.14. The van der Waals surface area contributed by atoms with Crippen LogP contribution in [0.4, 0.5) is 15.8 Å². The normalized spacial score (nSPS) is 15.9. The van der Waals surface area contributed by atoms with Gasteiger partial charge in [0, 0.05) is 12.1 Å². The molecule has 0 saturated heterocycles. The third kappa shape index (κ3) is 3.33. The van der Waals surface area contributed by atoms with E-state index < -0.39 is 10.7 Å². The number of halogens is 1. The second-order valence-corrected chi connectivity index (χ2v) is 4.99. The molecule has 1 N–H and O–H groups in total. The highest BCUT2D eigenvalue weighted by molar-refractivity contribution is 5.59. The van der Waals surface area contributed by atoms with Crippen molar-refractivity contribution in [1.29, 1.82) is 0 Å². The standard InChI is InChI=1S/C13H17FN2O3/c1-8(5-9-3-4-9)15-11-7-13(19-2)12(16(17)18)6-10(11)14/h6-9,15H,3-5H2,1-2H3. The highest BCUT2D eigenvalue weighted by Crippen LogP contribution is 2.36. The Hall–Kier alpha value is -1.85. The van der Waals surface area contributed by atoms with E-state index in [4.69, 9.17) is 4.74 Å². The minimum absolute atomic E-state index is 0.0625. The molecule has 0 heterocycles. The van der Waals surface area contributed by atoms with Crippen LogP contribution in [0, 0.1) is 21.8 Å². The topological polar surface area (TPSA) is 64.4 Å². The number of hydrogen-bond acceptors (Lipinski definition) is 4. The Labute approximate surface area is 110 Å². The van der Waals surface area contributed by atoms with Crippen molar-refractivity contribution in [3.8, 4) is 5.75 Å². The van der Waals surface area contributed by atoms with E-state index in [2.05, 4.69) is 5.32 Å². The van der Waals surface area contributed by atoms with Crippen molar-refractivity contribution in [3.63, 3.8) is 0 Å². The fourth-order valence-corrected chi connectivity index (χ4v) is 2.14. The van der Waals surface area contributed by atoms with Crippen LogP contribution < -0.4 is 10.1 Å². The minimum Gasteiger partial charge on any atom is -0.490 e. The van der Waals surface area contributed by atoms with E-state index in [1.54, 1.807) is 0 Å². The molecule has 1 aromatic rings. The summed E-state index contributed by atoms with van der Waals surface area (Å²) in [7, 11) is 1.33. The quantitative estimate of drug-likeness (QED) is 0.634. The molecule has 6 heteroatoms. The second kappa shape index (κ2) is 5.42. The van der Waals surface area contributed by atoms with E-state index in [9.17, 15) is 14.5 Å². The predicted molar refractivity (Wildman–Crippen MR) is 70.0 cm³/mol. The van der Waals surface area contributed by atoms with Crippen molar-refractivity contribution >= 4 is 11.4 Å². The molecule has 1 aliphatic carbocycles. The highest BCUT2D eigenvalue weighted by atomic mass is 19.1. The molecule has 0 aliphatic heterocycles. The first-order chi connectivity index (χ1) is 9.01. The third-order valence-corrected chi connectivity index (χ3v) is 3.25. The van der Waals surface area contributed by atoms with Crippen molar-refractivity contribution in [1.82, 2.24) is 0 Å². The number of hydrogen-bond donors (Lipinski definition) is 1. The summed E-state index contributed by atoms with van der Waals surface area (Å²) in [5.74, 6) is 0.160. The molecular weight excluding hydrogens is 251 g/mol. The SMILES string of the molecule is COc1cc(NC(C)CC2CC2)c(F)cc1[N+](=O)[O-]. The van der Waals surface area contributed by atoms with Gasteiger partial charge in [-0.15, -0.1) is 0 Å². The van der Waals surface area contributed by atoms with Gasteiger partial charge >= 0.3 is 5.69 Å². The molecule has 0 spiro atoms. The summed E-state index contributed by atoms with van der Waals surface area (Å²) in [5, 5.41) is 13.8. The molecule has 1 unspecified atom stereocenters. The first-order valence-corrected chi connectivity index (χ1v) is 6.29. The predicted octanol–water partition coefficient (Wildman–Crippen LogP) is 3.34. The van der Waals surface area contributed by atoms with Gasteiger partial charge in [0.15, 0.2) is 11.6 Å². The Morgan fingerprint density at radius 3 is 2.79 bits per heavy atom. The zero-order valence-electron chi connectivity index (χ0n) is 11.0. The molecule has 2 rings (SSSR count). The van der Waals surface area contributed by atoms with Crippen LogP contribution in [0.15, 0.2) is 12.1 Å². The van der Waals surface area contributed by atoms with E-state index in [1.165, 1.54) is 26.0 Å². The van der Waals surface area contributed by atoms with Gasteiger partial charge < -0.3 is 10.1 Å². The van der Waals surface area contributed by atoms with Crippen molar-refractivity contribution < 1.29 is 14.1 Å². The number of anilines is 1. The monoisotopic (exact) mass is 268 g/mol. The maximum Gasteiger partial charge on any atom is 0.313 e. The van der Waals surface area contributed by atoms with Crippen molar-refractivity contribution in [2.75, 3.05) is 12.4 Å². The number of nitro benzene ring substituents is 1. The zero-order valence-corrected chi connectivity index (χ0v) is 11.0. The van der Waals surface area contributed by atoms with Gasteiger partial charge in [-0.1, -0.05) is 12.8 Å². The van der Waals surface area contributed by atoms with Crippen LogP contribution in [-0.2, 0) is 0 Å². The van der Waals surface area contributed by atoms with E-state index in [0.29, 0.717) is 0 Å². The van der Waals surface area contributed by atoms with Gasteiger partial charge in [0.2, 0.25) is 0 Å². The summed E-state index contributed by atoms with van der Waals surface area (Å²) in [4.78, 5) is 10.1. The summed E-state index contributed by atoms with van der Waals surface area (Å²) in [6, 6.07) is 2.37. The van der Waals surface area contributed by atoms with Crippen LogP contribution >= 0.6 is 0 Å². The Morgan fingerprint density at radius 2 is 2.26 bits per heavy atom. The summed E-state index contributed by atoms with van der Waals surface area (Å²) in [6.07, 6.45) is 3.45. The molecular formula is C13H17FN2O3. The minimum atomic E-state index is -0.653. The van der Waals surface area contributed by atoms with E-state index in [1.807, 2.05) is 6.92 Å². The average molecular weight is 268 g/mol. The van der Waals surface area contributed by atoms with E-state index in [0.717, 1.165) is 18.4 Å². The second-order valence-electron chi connectivity index (χ2n) is 4.99. The van der Waals surface area contributed by atoms with Crippen molar-refractivity contribution in [2.45, 2.75) is 32.2 Å². The summed E-state index contributed by atoms with van der Waals surface area (Å²) < 4.78 is 18.7. The number of nitrogens with one attached hydrogen (secondary N) is 1. The van der Waals surface area contributed by atoms with Gasteiger partial charge in [0.1, 0.15) is 0 Å².